The van der Waals surface area contributed by atoms with Crippen LogP contribution in [0.2, 0.25) is 0 Å². The maximum atomic E-state index is 4.34. The highest BCUT2D eigenvalue weighted by molar-refractivity contribution is 5.28. The minimum absolute atomic E-state index is 0.860. The number of unbranched alkanes of at least 4 members (excludes halogenated alkanes) is 2. The Hall–Kier alpha value is -1.12. The Bertz CT molecular complexity index is 269. The van der Waals surface area contributed by atoms with Crippen molar-refractivity contribution in [3.63, 3.8) is 0 Å². The summed E-state index contributed by atoms with van der Waals surface area (Å²) in [5.41, 5.74) is 1.11. The van der Waals surface area contributed by atoms with Crippen molar-refractivity contribution in [1.82, 2.24) is 9.97 Å². The lowest BCUT2D eigenvalue weighted by atomic mass is 10.2. The van der Waals surface area contributed by atoms with E-state index in [-0.39, 0.29) is 0 Å². The third kappa shape index (κ3) is 3.86. The van der Waals surface area contributed by atoms with Gasteiger partial charge in [-0.25, -0.2) is 9.97 Å². The highest BCUT2D eigenvalue weighted by Gasteiger charge is 2.05. The van der Waals surface area contributed by atoms with E-state index in [0.717, 1.165) is 24.6 Å². The molecule has 0 aliphatic rings. The molecular weight excluding hydrogens is 186 g/mol. The van der Waals surface area contributed by atoms with Gasteiger partial charge in [0.2, 0.25) is 5.95 Å². The average molecular weight is 207 g/mol. The first kappa shape index (κ1) is 12.0. The van der Waals surface area contributed by atoms with Crippen molar-refractivity contribution in [3.05, 3.63) is 18.0 Å². The van der Waals surface area contributed by atoms with Crippen LogP contribution in [0.15, 0.2) is 12.4 Å². The molecule has 0 atom stereocenters. The van der Waals surface area contributed by atoms with Crippen LogP contribution in [0.3, 0.4) is 0 Å². The topological polar surface area (TPSA) is 29.0 Å². The van der Waals surface area contributed by atoms with Gasteiger partial charge in [0.1, 0.15) is 0 Å². The van der Waals surface area contributed by atoms with Crippen LogP contribution < -0.4 is 4.90 Å². The Balaban J connectivity index is 2.53. The highest BCUT2D eigenvalue weighted by atomic mass is 15.2. The Kier molecular flexibility index (Phi) is 5.08. The van der Waals surface area contributed by atoms with E-state index < -0.39 is 0 Å². The minimum atomic E-state index is 0.860. The maximum absolute atomic E-state index is 4.34. The molecule has 3 heteroatoms. The van der Waals surface area contributed by atoms with E-state index >= 15 is 0 Å². The first-order valence-electron chi connectivity index (χ1n) is 5.81. The first-order valence-corrected chi connectivity index (χ1v) is 5.81. The Morgan fingerprint density at radius 2 is 1.80 bits per heavy atom. The van der Waals surface area contributed by atoms with Crippen LogP contribution in [0.4, 0.5) is 5.95 Å². The number of aromatic nitrogens is 2. The average Bonchev–Trinajstić information content (AvgIpc) is 2.26. The fourth-order valence-electron chi connectivity index (χ4n) is 1.50. The summed E-state index contributed by atoms with van der Waals surface area (Å²) >= 11 is 0. The molecule has 0 aromatic carbocycles. The van der Waals surface area contributed by atoms with Gasteiger partial charge in [0.05, 0.1) is 0 Å². The number of hydrogen-bond acceptors (Lipinski definition) is 3. The third-order valence-electron chi connectivity index (χ3n) is 2.46. The largest absolute Gasteiger partial charge is 0.341 e. The maximum Gasteiger partial charge on any atom is 0.225 e. The van der Waals surface area contributed by atoms with Gasteiger partial charge in [-0.05, 0) is 25.8 Å². The summed E-state index contributed by atoms with van der Waals surface area (Å²) in [6.45, 7) is 8.42. The van der Waals surface area contributed by atoms with Gasteiger partial charge in [-0.15, -0.1) is 0 Å². The van der Waals surface area contributed by atoms with Crippen molar-refractivity contribution in [1.29, 1.82) is 0 Å². The second-order valence-corrected chi connectivity index (χ2v) is 3.85. The van der Waals surface area contributed by atoms with Crippen molar-refractivity contribution in [3.8, 4) is 0 Å². The van der Waals surface area contributed by atoms with Crippen molar-refractivity contribution in [2.45, 2.75) is 40.0 Å². The number of rotatable bonds is 6. The smallest absolute Gasteiger partial charge is 0.225 e. The Morgan fingerprint density at radius 3 is 2.33 bits per heavy atom. The van der Waals surface area contributed by atoms with Gasteiger partial charge in [-0.1, -0.05) is 19.8 Å². The van der Waals surface area contributed by atoms with E-state index in [9.17, 15) is 0 Å². The summed E-state index contributed by atoms with van der Waals surface area (Å²) < 4.78 is 0. The molecular formula is C12H21N3. The van der Waals surface area contributed by atoms with Gasteiger partial charge < -0.3 is 4.90 Å². The van der Waals surface area contributed by atoms with E-state index in [1.54, 1.807) is 0 Å². The number of anilines is 1. The van der Waals surface area contributed by atoms with Crippen LogP contribution in [0, 0.1) is 6.92 Å². The van der Waals surface area contributed by atoms with E-state index in [1.165, 1.54) is 19.3 Å². The molecule has 15 heavy (non-hydrogen) atoms. The SMILES string of the molecule is CCCCCN(CC)c1ncc(C)cn1. The lowest BCUT2D eigenvalue weighted by Gasteiger charge is -2.20. The molecule has 0 saturated heterocycles. The lowest BCUT2D eigenvalue weighted by Crippen LogP contribution is -2.25. The lowest BCUT2D eigenvalue weighted by molar-refractivity contribution is 0.673. The molecule has 0 bridgehead atoms. The molecule has 0 aliphatic heterocycles. The molecule has 3 nitrogen and oxygen atoms in total. The minimum Gasteiger partial charge on any atom is -0.341 e. The van der Waals surface area contributed by atoms with Crippen molar-refractivity contribution in [2.75, 3.05) is 18.0 Å². The normalized spacial score (nSPS) is 10.3. The summed E-state index contributed by atoms with van der Waals surface area (Å²) in [6, 6.07) is 0. The van der Waals surface area contributed by atoms with Crippen molar-refractivity contribution >= 4 is 5.95 Å². The van der Waals surface area contributed by atoms with E-state index in [1.807, 2.05) is 19.3 Å². The Morgan fingerprint density at radius 1 is 1.13 bits per heavy atom. The molecule has 0 N–H and O–H groups in total. The summed E-state index contributed by atoms with van der Waals surface area (Å²) in [4.78, 5) is 10.9. The zero-order chi connectivity index (χ0) is 11.1. The molecule has 0 spiro atoms. The van der Waals surface area contributed by atoms with E-state index in [2.05, 4.69) is 28.7 Å². The Labute approximate surface area is 92.6 Å². The molecule has 0 amide bonds. The molecule has 0 aliphatic carbocycles. The summed E-state index contributed by atoms with van der Waals surface area (Å²) in [6.07, 6.45) is 7.52. The zero-order valence-corrected chi connectivity index (χ0v) is 10.0. The monoisotopic (exact) mass is 207 g/mol. The molecule has 1 heterocycles. The fourth-order valence-corrected chi connectivity index (χ4v) is 1.50. The van der Waals surface area contributed by atoms with Gasteiger partial charge >= 0.3 is 0 Å². The van der Waals surface area contributed by atoms with Gasteiger partial charge in [-0.3, -0.25) is 0 Å². The van der Waals surface area contributed by atoms with E-state index in [4.69, 9.17) is 0 Å². The van der Waals surface area contributed by atoms with Crippen LogP contribution in [0.1, 0.15) is 38.7 Å². The molecule has 0 radical (unpaired) electrons. The molecule has 0 saturated carbocycles. The van der Waals surface area contributed by atoms with Crippen LogP contribution in [0.25, 0.3) is 0 Å². The standard InChI is InChI=1S/C12H21N3/c1-4-6-7-8-15(5-2)12-13-9-11(3)10-14-12/h9-10H,4-8H2,1-3H3. The van der Waals surface area contributed by atoms with Crippen LogP contribution >= 0.6 is 0 Å². The molecule has 1 aromatic rings. The molecule has 84 valence electrons. The second-order valence-electron chi connectivity index (χ2n) is 3.85. The van der Waals surface area contributed by atoms with Crippen LogP contribution in [-0.2, 0) is 0 Å². The van der Waals surface area contributed by atoms with Crippen LogP contribution in [-0.4, -0.2) is 23.1 Å². The molecule has 1 aromatic heterocycles. The van der Waals surface area contributed by atoms with Crippen molar-refractivity contribution < 1.29 is 0 Å². The van der Waals surface area contributed by atoms with E-state index in [0.29, 0.717) is 0 Å². The first-order chi connectivity index (χ1) is 7.27. The molecule has 0 unspecified atom stereocenters. The number of nitrogens with zero attached hydrogens (tertiary/aromatic N) is 3. The third-order valence-corrected chi connectivity index (χ3v) is 2.46. The van der Waals surface area contributed by atoms with Gasteiger partial charge in [-0.2, -0.15) is 0 Å². The summed E-state index contributed by atoms with van der Waals surface area (Å²) in [5, 5.41) is 0. The second kappa shape index (κ2) is 6.38. The molecule has 0 fully saturated rings. The fraction of sp³-hybridized carbons (Fsp3) is 0.667. The predicted molar refractivity (Wildman–Crippen MR) is 64.2 cm³/mol. The zero-order valence-electron chi connectivity index (χ0n) is 10.0. The number of hydrogen-bond donors (Lipinski definition) is 0. The van der Waals surface area contributed by atoms with Crippen LogP contribution in [0.5, 0.6) is 0 Å². The quantitative estimate of drug-likeness (QED) is 0.672. The van der Waals surface area contributed by atoms with Crippen molar-refractivity contribution in [2.24, 2.45) is 0 Å². The van der Waals surface area contributed by atoms with Gasteiger partial charge in [0, 0.05) is 25.5 Å². The number of aryl methyl sites for hydroxylation is 1. The summed E-state index contributed by atoms with van der Waals surface area (Å²) in [7, 11) is 0. The van der Waals surface area contributed by atoms with Gasteiger partial charge in [0.25, 0.3) is 0 Å². The predicted octanol–water partition coefficient (Wildman–Crippen LogP) is 2.80. The summed E-state index contributed by atoms with van der Waals surface area (Å²) in [5.74, 6) is 0.860. The molecule has 1 rings (SSSR count). The highest BCUT2D eigenvalue weighted by Crippen LogP contribution is 2.08. The van der Waals surface area contributed by atoms with Gasteiger partial charge in [0.15, 0.2) is 0 Å².